The Morgan fingerprint density at radius 2 is 1.74 bits per heavy atom. The van der Waals surface area contributed by atoms with Gasteiger partial charge >= 0.3 is 0 Å². The summed E-state index contributed by atoms with van der Waals surface area (Å²) in [6.45, 7) is 8.31. The summed E-state index contributed by atoms with van der Waals surface area (Å²) in [5.41, 5.74) is 3.41. The van der Waals surface area contributed by atoms with Crippen LogP contribution in [0.3, 0.4) is 0 Å². The summed E-state index contributed by atoms with van der Waals surface area (Å²) in [7, 11) is 0. The van der Waals surface area contributed by atoms with Crippen molar-refractivity contribution in [3.63, 3.8) is 0 Å². The molecule has 5 rings (SSSR count). The van der Waals surface area contributed by atoms with E-state index >= 15 is 0 Å². The number of hydrogen-bond donors (Lipinski definition) is 0. The molecule has 6 heteroatoms. The van der Waals surface area contributed by atoms with Crippen LogP contribution in [0.4, 0.5) is 4.39 Å². The summed E-state index contributed by atoms with van der Waals surface area (Å²) in [6.07, 6.45) is 1.83. The van der Waals surface area contributed by atoms with Gasteiger partial charge in [0.05, 0.1) is 12.5 Å². The van der Waals surface area contributed by atoms with Crippen molar-refractivity contribution in [2.24, 2.45) is 11.8 Å². The van der Waals surface area contributed by atoms with Gasteiger partial charge < -0.3 is 19.1 Å². The molecular weight excluding hydrogens is 481 g/mol. The minimum Gasteiger partial charge on any atom is -0.493 e. The summed E-state index contributed by atoms with van der Waals surface area (Å²) in [6, 6.07) is 20.7. The molecule has 38 heavy (non-hydrogen) atoms. The SMILES string of the molecule is CC(C)Cc1ccc(C(C)C(=O)N2CCC(c3ccc(F)cc3)C(COc3ccc4c(c3)OCO4)C2)cc1. The average molecular weight is 518 g/mol. The highest BCUT2D eigenvalue weighted by atomic mass is 19.1. The van der Waals surface area contributed by atoms with E-state index in [9.17, 15) is 9.18 Å². The maximum Gasteiger partial charge on any atom is 0.231 e. The van der Waals surface area contributed by atoms with Gasteiger partial charge in [-0.1, -0.05) is 50.2 Å². The Hall–Kier alpha value is -3.54. The highest BCUT2D eigenvalue weighted by Gasteiger charge is 2.35. The summed E-state index contributed by atoms with van der Waals surface area (Å²) < 4.78 is 30.7. The van der Waals surface area contributed by atoms with E-state index in [1.165, 1.54) is 17.7 Å². The molecule has 200 valence electrons. The molecule has 5 nitrogen and oxygen atoms in total. The quantitative estimate of drug-likeness (QED) is 0.339. The third-order valence-electron chi connectivity index (χ3n) is 7.65. The zero-order valence-electron chi connectivity index (χ0n) is 22.4. The van der Waals surface area contributed by atoms with Crippen molar-refractivity contribution in [2.75, 3.05) is 26.5 Å². The molecular formula is C32H36FNO4. The van der Waals surface area contributed by atoms with Gasteiger partial charge in [0.25, 0.3) is 0 Å². The van der Waals surface area contributed by atoms with E-state index in [4.69, 9.17) is 14.2 Å². The van der Waals surface area contributed by atoms with Crippen molar-refractivity contribution >= 4 is 5.91 Å². The molecule has 0 N–H and O–H groups in total. The van der Waals surface area contributed by atoms with Crippen LogP contribution < -0.4 is 14.2 Å². The highest BCUT2D eigenvalue weighted by Crippen LogP contribution is 2.38. The van der Waals surface area contributed by atoms with Crippen LogP contribution in [0.5, 0.6) is 17.2 Å². The van der Waals surface area contributed by atoms with Gasteiger partial charge in [0.2, 0.25) is 12.7 Å². The average Bonchev–Trinajstić information content (AvgIpc) is 3.40. The first-order valence-electron chi connectivity index (χ1n) is 13.5. The van der Waals surface area contributed by atoms with E-state index in [2.05, 4.69) is 38.1 Å². The first-order chi connectivity index (χ1) is 18.4. The molecule has 2 aliphatic heterocycles. The van der Waals surface area contributed by atoms with Crippen molar-refractivity contribution in [1.29, 1.82) is 0 Å². The molecule has 0 aromatic heterocycles. The molecule has 0 radical (unpaired) electrons. The predicted octanol–water partition coefficient (Wildman–Crippen LogP) is 6.57. The van der Waals surface area contributed by atoms with Gasteiger partial charge in [0.1, 0.15) is 11.6 Å². The Morgan fingerprint density at radius 3 is 2.47 bits per heavy atom. The predicted molar refractivity (Wildman–Crippen MR) is 145 cm³/mol. The zero-order valence-corrected chi connectivity index (χ0v) is 22.4. The van der Waals surface area contributed by atoms with E-state index in [-0.39, 0.29) is 36.3 Å². The van der Waals surface area contributed by atoms with E-state index in [0.29, 0.717) is 42.9 Å². The van der Waals surface area contributed by atoms with Crippen LogP contribution in [0.1, 0.15) is 55.7 Å². The number of benzene rings is 3. The summed E-state index contributed by atoms with van der Waals surface area (Å²) in [5, 5.41) is 0. The van der Waals surface area contributed by atoms with Crippen LogP contribution in [0.2, 0.25) is 0 Å². The molecule has 1 saturated heterocycles. The molecule has 3 unspecified atom stereocenters. The maximum atomic E-state index is 13.6. The van der Waals surface area contributed by atoms with Gasteiger partial charge in [-0.15, -0.1) is 0 Å². The molecule has 2 heterocycles. The standard InChI is InChI=1S/C32H36FNO4/c1-21(2)16-23-4-6-24(7-5-23)22(3)32(35)34-15-14-29(25-8-10-27(33)11-9-25)26(18-34)19-36-28-12-13-30-31(17-28)38-20-37-30/h4-13,17,21-22,26,29H,14-16,18-20H2,1-3H3. The second kappa shape index (κ2) is 11.5. The number of hydrogen-bond acceptors (Lipinski definition) is 4. The largest absolute Gasteiger partial charge is 0.493 e. The number of ether oxygens (including phenoxy) is 3. The van der Waals surface area contributed by atoms with E-state index < -0.39 is 0 Å². The third kappa shape index (κ3) is 5.95. The molecule has 0 spiro atoms. The number of likely N-dealkylation sites (tertiary alicyclic amines) is 1. The van der Waals surface area contributed by atoms with E-state index in [0.717, 1.165) is 24.0 Å². The van der Waals surface area contributed by atoms with Gasteiger partial charge in [0, 0.05) is 25.1 Å². The summed E-state index contributed by atoms with van der Waals surface area (Å²) in [5.74, 6) is 2.57. The molecule has 1 amide bonds. The Kier molecular flexibility index (Phi) is 7.87. The van der Waals surface area contributed by atoms with Gasteiger partial charge in [-0.05, 0) is 72.6 Å². The van der Waals surface area contributed by atoms with Gasteiger partial charge in [-0.3, -0.25) is 4.79 Å². The van der Waals surface area contributed by atoms with Crippen LogP contribution in [-0.2, 0) is 11.2 Å². The Morgan fingerprint density at radius 1 is 1.00 bits per heavy atom. The first-order valence-corrected chi connectivity index (χ1v) is 13.5. The number of fused-ring (bicyclic) bond motifs is 1. The van der Waals surface area contributed by atoms with Crippen molar-refractivity contribution in [3.05, 3.63) is 89.2 Å². The Bertz CT molecular complexity index is 1240. The van der Waals surface area contributed by atoms with Crippen molar-refractivity contribution in [1.82, 2.24) is 4.90 Å². The Labute approximate surface area is 224 Å². The molecule has 1 fully saturated rings. The molecule has 3 atom stereocenters. The van der Waals surface area contributed by atoms with Crippen LogP contribution in [-0.4, -0.2) is 37.3 Å². The Balaban J connectivity index is 1.30. The van der Waals surface area contributed by atoms with Crippen LogP contribution in [0.25, 0.3) is 0 Å². The highest BCUT2D eigenvalue weighted by molar-refractivity contribution is 5.83. The van der Waals surface area contributed by atoms with E-state index in [1.807, 2.05) is 42.2 Å². The smallest absolute Gasteiger partial charge is 0.231 e. The zero-order chi connectivity index (χ0) is 26.6. The van der Waals surface area contributed by atoms with E-state index in [1.54, 1.807) is 0 Å². The lowest BCUT2D eigenvalue weighted by Crippen LogP contribution is -2.46. The summed E-state index contributed by atoms with van der Waals surface area (Å²) in [4.78, 5) is 15.6. The van der Waals surface area contributed by atoms with Crippen molar-refractivity contribution < 1.29 is 23.4 Å². The first kappa shape index (κ1) is 26.1. The van der Waals surface area contributed by atoms with Crippen LogP contribution in [0, 0.1) is 17.7 Å². The fourth-order valence-electron chi connectivity index (χ4n) is 5.55. The fourth-order valence-corrected chi connectivity index (χ4v) is 5.55. The normalized spacial score (nSPS) is 19.4. The number of halogens is 1. The number of amides is 1. The number of rotatable bonds is 8. The molecule has 2 aliphatic rings. The third-order valence-corrected chi connectivity index (χ3v) is 7.65. The van der Waals surface area contributed by atoms with Crippen molar-refractivity contribution in [2.45, 2.75) is 45.4 Å². The number of carbonyl (C=O) groups excluding carboxylic acids is 1. The number of piperidine rings is 1. The molecule has 0 bridgehead atoms. The second-order valence-electron chi connectivity index (χ2n) is 10.9. The maximum absolute atomic E-state index is 13.6. The van der Waals surface area contributed by atoms with Gasteiger partial charge in [-0.25, -0.2) is 4.39 Å². The molecule has 0 saturated carbocycles. The van der Waals surface area contributed by atoms with Gasteiger partial charge in [-0.2, -0.15) is 0 Å². The van der Waals surface area contributed by atoms with Crippen LogP contribution >= 0.6 is 0 Å². The molecule has 3 aromatic rings. The number of carbonyl (C=O) groups is 1. The monoisotopic (exact) mass is 517 g/mol. The lowest BCUT2D eigenvalue weighted by Gasteiger charge is -2.39. The van der Waals surface area contributed by atoms with Crippen LogP contribution in [0.15, 0.2) is 66.7 Å². The fraction of sp³-hybridized carbons (Fsp3) is 0.406. The topological polar surface area (TPSA) is 48.0 Å². The lowest BCUT2D eigenvalue weighted by atomic mass is 9.80. The minimum absolute atomic E-state index is 0.0594. The summed E-state index contributed by atoms with van der Waals surface area (Å²) >= 11 is 0. The van der Waals surface area contributed by atoms with Gasteiger partial charge in [0.15, 0.2) is 11.5 Å². The van der Waals surface area contributed by atoms with Crippen molar-refractivity contribution in [3.8, 4) is 17.2 Å². The number of nitrogens with zero attached hydrogens (tertiary/aromatic N) is 1. The molecule has 0 aliphatic carbocycles. The second-order valence-corrected chi connectivity index (χ2v) is 10.9. The molecule has 3 aromatic carbocycles. The lowest BCUT2D eigenvalue weighted by molar-refractivity contribution is -0.134. The minimum atomic E-state index is -0.247.